The lowest BCUT2D eigenvalue weighted by Crippen LogP contribution is -2.49. The SMILES string of the molecule is CC1CN(C(=O)CCN(C(=O)c2cnccn2)C2CC2)CC(C)O1. The summed E-state index contributed by atoms with van der Waals surface area (Å²) < 4.78 is 5.66. The lowest BCUT2D eigenvalue weighted by atomic mass is 10.2. The van der Waals surface area contributed by atoms with Gasteiger partial charge in [0.2, 0.25) is 5.91 Å². The van der Waals surface area contributed by atoms with E-state index in [2.05, 4.69) is 9.97 Å². The largest absolute Gasteiger partial charge is 0.372 e. The molecule has 1 aromatic heterocycles. The Morgan fingerprint density at radius 3 is 2.54 bits per heavy atom. The summed E-state index contributed by atoms with van der Waals surface area (Å²) in [6, 6.07) is 0.231. The summed E-state index contributed by atoms with van der Waals surface area (Å²) in [6.45, 7) is 5.61. The molecule has 1 aliphatic carbocycles. The van der Waals surface area contributed by atoms with Gasteiger partial charge in [-0.05, 0) is 26.7 Å². The van der Waals surface area contributed by atoms with Gasteiger partial charge in [0, 0.05) is 44.5 Å². The van der Waals surface area contributed by atoms with Crippen LogP contribution in [0.2, 0.25) is 0 Å². The molecule has 3 rings (SSSR count). The van der Waals surface area contributed by atoms with Gasteiger partial charge in [0.05, 0.1) is 18.4 Å². The Bertz CT molecular complexity index is 581. The van der Waals surface area contributed by atoms with Gasteiger partial charge in [-0.1, -0.05) is 0 Å². The van der Waals surface area contributed by atoms with Crippen molar-refractivity contribution in [2.24, 2.45) is 0 Å². The fraction of sp³-hybridized carbons (Fsp3) is 0.647. The van der Waals surface area contributed by atoms with Gasteiger partial charge in [-0.3, -0.25) is 14.6 Å². The van der Waals surface area contributed by atoms with Crippen molar-refractivity contribution < 1.29 is 14.3 Å². The average Bonchev–Trinajstić information content (AvgIpc) is 3.39. The number of hydrogen-bond donors (Lipinski definition) is 0. The molecule has 0 aromatic carbocycles. The molecule has 1 saturated carbocycles. The van der Waals surface area contributed by atoms with E-state index in [0.29, 0.717) is 31.7 Å². The molecule has 7 heteroatoms. The topological polar surface area (TPSA) is 75.6 Å². The Hall–Kier alpha value is -2.02. The molecular formula is C17H24N4O3. The Kier molecular flexibility index (Phi) is 5.08. The predicted octanol–water partition coefficient (Wildman–Crippen LogP) is 1.11. The van der Waals surface area contributed by atoms with Crippen LogP contribution < -0.4 is 0 Å². The number of aromatic nitrogens is 2. The van der Waals surface area contributed by atoms with Crippen molar-refractivity contribution in [1.29, 1.82) is 0 Å². The molecule has 1 saturated heterocycles. The normalized spacial score (nSPS) is 23.8. The van der Waals surface area contributed by atoms with Crippen LogP contribution in [-0.2, 0) is 9.53 Å². The van der Waals surface area contributed by atoms with Crippen LogP contribution in [0.15, 0.2) is 18.6 Å². The molecule has 2 fully saturated rings. The molecule has 0 bridgehead atoms. The summed E-state index contributed by atoms with van der Waals surface area (Å²) in [5.74, 6) is -0.0586. The molecule has 2 unspecified atom stereocenters. The van der Waals surface area contributed by atoms with Crippen molar-refractivity contribution in [3.05, 3.63) is 24.3 Å². The zero-order chi connectivity index (χ0) is 17.1. The molecule has 1 aromatic rings. The standard InChI is InChI=1S/C17H24N4O3/c1-12-10-20(11-13(2)24-12)16(22)5-8-21(14-3-4-14)17(23)15-9-18-6-7-19-15/h6-7,9,12-14H,3-5,8,10-11H2,1-2H3. The number of rotatable bonds is 5. The van der Waals surface area contributed by atoms with Crippen LogP contribution in [0.25, 0.3) is 0 Å². The van der Waals surface area contributed by atoms with Crippen molar-refractivity contribution >= 4 is 11.8 Å². The van der Waals surface area contributed by atoms with E-state index in [1.807, 2.05) is 18.7 Å². The first kappa shape index (κ1) is 16.8. The van der Waals surface area contributed by atoms with Crippen molar-refractivity contribution in [2.45, 2.75) is 51.4 Å². The Morgan fingerprint density at radius 1 is 1.25 bits per heavy atom. The summed E-state index contributed by atoms with van der Waals surface area (Å²) in [5.41, 5.74) is 0.338. The fourth-order valence-corrected chi connectivity index (χ4v) is 3.15. The van der Waals surface area contributed by atoms with E-state index >= 15 is 0 Å². The van der Waals surface area contributed by atoms with Crippen LogP contribution in [0.1, 0.15) is 43.6 Å². The van der Waals surface area contributed by atoms with Crippen molar-refractivity contribution in [3.8, 4) is 0 Å². The van der Waals surface area contributed by atoms with Gasteiger partial charge in [0.1, 0.15) is 5.69 Å². The first-order valence-corrected chi connectivity index (χ1v) is 8.55. The van der Waals surface area contributed by atoms with E-state index in [9.17, 15) is 9.59 Å². The molecule has 24 heavy (non-hydrogen) atoms. The summed E-state index contributed by atoms with van der Waals surface area (Å²) in [4.78, 5) is 36.8. The highest BCUT2D eigenvalue weighted by atomic mass is 16.5. The van der Waals surface area contributed by atoms with E-state index in [4.69, 9.17) is 4.74 Å². The van der Waals surface area contributed by atoms with Crippen LogP contribution in [0.3, 0.4) is 0 Å². The van der Waals surface area contributed by atoms with Crippen molar-refractivity contribution in [2.75, 3.05) is 19.6 Å². The molecule has 0 radical (unpaired) electrons. The molecular weight excluding hydrogens is 308 g/mol. The molecule has 2 aliphatic rings. The summed E-state index contributed by atoms with van der Waals surface area (Å²) in [7, 11) is 0. The summed E-state index contributed by atoms with van der Waals surface area (Å²) in [6.07, 6.45) is 6.96. The second-order valence-electron chi connectivity index (χ2n) is 6.63. The molecule has 2 heterocycles. The second-order valence-corrected chi connectivity index (χ2v) is 6.63. The quantitative estimate of drug-likeness (QED) is 0.807. The van der Waals surface area contributed by atoms with Gasteiger partial charge in [0.25, 0.3) is 5.91 Å². The van der Waals surface area contributed by atoms with Crippen LogP contribution >= 0.6 is 0 Å². The lowest BCUT2D eigenvalue weighted by molar-refractivity contribution is -0.143. The highest BCUT2D eigenvalue weighted by Crippen LogP contribution is 2.28. The zero-order valence-electron chi connectivity index (χ0n) is 14.2. The minimum absolute atomic E-state index is 0.0541. The number of nitrogens with zero attached hydrogens (tertiary/aromatic N) is 4. The molecule has 0 N–H and O–H groups in total. The molecule has 0 spiro atoms. The first-order chi connectivity index (χ1) is 11.5. The highest BCUT2D eigenvalue weighted by Gasteiger charge is 2.34. The molecule has 1 aliphatic heterocycles. The number of ether oxygens (including phenoxy) is 1. The van der Waals surface area contributed by atoms with E-state index < -0.39 is 0 Å². The van der Waals surface area contributed by atoms with E-state index in [1.165, 1.54) is 12.4 Å². The maximum atomic E-state index is 12.6. The molecule has 2 atom stereocenters. The maximum absolute atomic E-state index is 12.6. The summed E-state index contributed by atoms with van der Waals surface area (Å²) in [5, 5.41) is 0. The maximum Gasteiger partial charge on any atom is 0.274 e. The molecule has 130 valence electrons. The average molecular weight is 332 g/mol. The van der Waals surface area contributed by atoms with Crippen molar-refractivity contribution in [3.63, 3.8) is 0 Å². The van der Waals surface area contributed by atoms with Gasteiger partial charge in [-0.2, -0.15) is 0 Å². The molecule has 2 amide bonds. The Labute approximate surface area is 142 Å². The van der Waals surface area contributed by atoms with Crippen LogP contribution in [0, 0.1) is 0 Å². The number of amides is 2. The smallest absolute Gasteiger partial charge is 0.274 e. The van der Waals surface area contributed by atoms with Gasteiger partial charge in [-0.25, -0.2) is 4.98 Å². The number of morpholine rings is 1. The predicted molar refractivity (Wildman–Crippen MR) is 87.3 cm³/mol. The number of carbonyl (C=O) groups is 2. The van der Waals surface area contributed by atoms with Crippen LogP contribution in [0.4, 0.5) is 0 Å². The number of hydrogen-bond acceptors (Lipinski definition) is 5. The monoisotopic (exact) mass is 332 g/mol. The van der Waals surface area contributed by atoms with Gasteiger partial charge >= 0.3 is 0 Å². The molecule has 7 nitrogen and oxygen atoms in total. The summed E-state index contributed by atoms with van der Waals surface area (Å²) >= 11 is 0. The third-order valence-electron chi connectivity index (χ3n) is 4.37. The Morgan fingerprint density at radius 2 is 1.96 bits per heavy atom. The number of carbonyl (C=O) groups excluding carboxylic acids is 2. The minimum atomic E-state index is -0.137. The fourth-order valence-electron chi connectivity index (χ4n) is 3.15. The van der Waals surface area contributed by atoms with E-state index in [1.54, 1.807) is 11.1 Å². The third kappa shape index (κ3) is 4.08. The lowest BCUT2D eigenvalue weighted by Gasteiger charge is -2.35. The van der Waals surface area contributed by atoms with Crippen molar-refractivity contribution in [1.82, 2.24) is 19.8 Å². The minimum Gasteiger partial charge on any atom is -0.372 e. The van der Waals surface area contributed by atoms with Crippen LogP contribution in [0.5, 0.6) is 0 Å². The van der Waals surface area contributed by atoms with Gasteiger partial charge in [0.15, 0.2) is 0 Å². The first-order valence-electron chi connectivity index (χ1n) is 8.55. The van der Waals surface area contributed by atoms with Gasteiger partial charge in [-0.15, -0.1) is 0 Å². The Balaban J connectivity index is 1.58. The van der Waals surface area contributed by atoms with Gasteiger partial charge < -0.3 is 14.5 Å². The van der Waals surface area contributed by atoms with Crippen LogP contribution in [-0.4, -0.2) is 69.5 Å². The highest BCUT2D eigenvalue weighted by molar-refractivity contribution is 5.92. The third-order valence-corrected chi connectivity index (χ3v) is 4.37. The second kappa shape index (κ2) is 7.25. The van der Waals surface area contributed by atoms with E-state index in [0.717, 1.165) is 12.8 Å². The zero-order valence-corrected chi connectivity index (χ0v) is 14.2. The van der Waals surface area contributed by atoms with E-state index in [-0.39, 0.29) is 30.1 Å².